The van der Waals surface area contributed by atoms with Crippen LogP contribution in [0.15, 0.2) is 29.2 Å². The average molecular weight is 330 g/mol. The fraction of sp³-hybridized carbons (Fsp3) is 0.385. The second kappa shape index (κ2) is 7.56. The molecule has 0 aliphatic heterocycles. The molecule has 0 bridgehead atoms. The topological polar surface area (TPSA) is 106 Å². The fourth-order valence-corrected chi connectivity index (χ4v) is 3.29. The Kier molecular flexibility index (Phi) is 6.36. The van der Waals surface area contributed by atoms with Gasteiger partial charge in [0.15, 0.2) is 9.84 Å². The third-order valence-electron chi connectivity index (χ3n) is 2.64. The summed E-state index contributed by atoms with van der Waals surface area (Å²) in [4.78, 5) is 0.0645. The van der Waals surface area contributed by atoms with Crippen molar-refractivity contribution in [3.63, 3.8) is 0 Å². The van der Waals surface area contributed by atoms with Gasteiger partial charge in [-0.2, -0.15) is 0 Å². The van der Waals surface area contributed by atoms with Crippen molar-refractivity contribution in [2.75, 3.05) is 24.6 Å². The molecule has 0 radical (unpaired) electrons. The minimum absolute atomic E-state index is 0.0107. The SMILES string of the molecule is CCS(=O)(=O)CCNS(=O)(=O)c1ccc(C#CCN)cc1. The number of benzene rings is 1. The number of sulfonamides is 1. The van der Waals surface area contributed by atoms with E-state index >= 15 is 0 Å². The van der Waals surface area contributed by atoms with Crippen molar-refractivity contribution in [2.45, 2.75) is 11.8 Å². The van der Waals surface area contributed by atoms with Crippen LogP contribution in [0.3, 0.4) is 0 Å². The number of rotatable bonds is 6. The Hall–Kier alpha value is -1.40. The van der Waals surface area contributed by atoms with Crippen molar-refractivity contribution in [2.24, 2.45) is 5.73 Å². The third-order valence-corrected chi connectivity index (χ3v) is 5.83. The summed E-state index contributed by atoms with van der Waals surface area (Å²) in [5.74, 6) is 5.22. The van der Waals surface area contributed by atoms with E-state index in [1.165, 1.54) is 19.1 Å². The van der Waals surface area contributed by atoms with Gasteiger partial charge in [-0.05, 0) is 24.3 Å². The molecular weight excluding hydrogens is 312 g/mol. The van der Waals surface area contributed by atoms with E-state index in [1.54, 1.807) is 12.1 Å². The zero-order valence-corrected chi connectivity index (χ0v) is 13.3. The highest BCUT2D eigenvalue weighted by Gasteiger charge is 2.15. The molecule has 8 heteroatoms. The molecule has 3 N–H and O–H groups in total. The number of hydrogen-bond donors (Lipinski definition) is 2. The number of nitrogens with one attached hydrogen (secondary N) is 1. The number of nitrogens with two attached hydrogens (primary N) is 1. The van der Waals surface area contributed by atoms with Crippen LogP contribution in [0.25, 0.3) is 0 Å². The second-order valence-electron chi connectivity index (χ2n) is 4.16. The molecule has 0 spiro atoms. The maximum Gasteiger partial charge on any atom is 0.240 e. The number of hydrogen-bond acceptors (Lipinski definition) is 5. The summed E-state index contributed by atoms with van der Waals surface area (Å²) < 4.78 is 48.8. The van der Waals surface area contributed by atoms with Crippen molar-refractivity contribution < 1.29 is 16.8 Å². The smallest absolute Gasteiger partial charge is 0.240 e. The zero-order chi connectivity index (χ0) is 15.9. The predicted octanol–water partition coefficient (Wildman–Crippen LogP) is -0.290. The Balaban J connectivity index is 2.75. The molecule has 0 aliphatic carbocycles. The molecule has 0 aliphatic rings. The summed E-state index contributed by atoms with van der Waals surface area (Å²) in [5, 5.41) is 0. The fourth-order valence-electron chi connectivity index (χ4n) is 1.43. The lowest BCUT2D eigenvalue weighted by Gasteiger charge is -2.06. The first kappa shape index (κ1) is 17.7. The van der Waals surface area contributed by atoms with E-state index in [0.29, 0.717) is 5.56 Å². The molecule has 1 aromatic rings. The molecule has 0 saturated heterocycles. The highest BCUT2D eigenvalue weighted by Crippen LogP contribution is 2.09. The Morgan fingerprint density at radius 3 is 2.29 bits per heavy atom. The van der Waals surface area contributed by atoms with E-state index in [-0.39, 0.29) is 29.5 Å². The molecular formula is C13H18N2O4S2. The van der Waals surface area contributed by atoms with E-state index in [2.05, 4.69) is 16.6 Å². The van der Waals surface area contributed by atoms with Crippen LogP contribution in [0, 0.1) is 11.8 Å². The molecule has 0 heterocycles. The highest BCUT2D eigenvalue weighted by atomic mass is 32.2. The molecule has 0 atom stereocenters. The van der Waals surface area contributed by atoms with Gasteiger partial charge >= 0.3 is 0 Å². The largest absolute Gasteiger partial charge is 0.320 e. The molecule has 21 heavy (non-hydrogen) atoms. The minimum Gasteiger partial charge on any atom is -0.320 e. The predicted molar refractivity (Wildman–Crippen MR) is 81.9 cm³/mol. The molecule has 0 saturated carbocycles. The van der Waals surface area contributed by atoms with Gasteiger partial charge in [-0.1, -0.05) is 18.8 Å². The van der Waals surface area contributed by atoms with Gasteiger partial charge in [0, 0.05) is 17.9 Å². The minimum atomic E-state index is -3.72. The summed E-state index contributed by atoms with van der Waals surface area (Å²) in [6.07, 6.45) is 0. The summed E-state index contributed by atoms with van der Waals surface area (Å²) in [6.45, 7) is 1.60. The third kappa shape index (κ3) is 5.85. The van der Waals surface area contributed by atoms with Gasteiger partial charge in [-0.25, -0.2) is 21.6 Å². The van der Waals surface area contributed by atoms with Crippen molar-refractivity contribution in [3.8, 4) is 11.8 Å². The molecule has 116 valence electrons. The van der Waals surface area contributed by atoms with Gasteiger partial charge < -0.3 is 5.73 Å². The highest BCUT2D eigenvalue weighted by molar-refractivity contribution is 7.91. The molecule has 1 aromatic carbocycles. The maximum absolute atomic E-state index is 12.0. The summed E-state index contributed by atoms with van der Waals surface area (Å²) in [6, 6.07) is 5.97. The van der Waals surface area contributed by atoms with E-state index in [1.807, 2.05) is 0 Å². The first-order chi connectivity index (χ1) is 9.80. The lowest BCUT2D eigenvalue weighted by Crippen LogP contribution is -2.29. The van der Waals surface area contributed by atoms with Crippen LogP contribution >= 0.6 is 0 Å². The van der Waals surface area contributed by atoms with E-state index in [4.69, 9.17) is 5.73 Å². The van der Waals surface area contributed by atoms with E-state index < -0.39 is 19.9 Å². The van der Waals surface area contributed by atoms with Crippen LogP contribution in [0.4, 0.5) is 0 Å². The van der Waals surface area contributed by atoms with E-state index in [9.17, 15) is 16.8 Å². The van der Waals surface area contributed by atoms with Crippen LogP contribution in [-0.2, 0) is 19.9 Å². The standard InChI is InChI=1S/C13H18N2O4S2/c1-2-20(16,17)11-10-15-21(18,19)13-7-5-12(6-8-13)4-3-9-14/h5-8,15H,2,9-11,14H2,1H3. The lowest BCUT2D eigenvalue weighted by atomic mass is 10.2. The Morgan fingerprint density at radius 2 is 1.76 bits per heavy atom. The van der Waals surface area contributed by atoms with Crippen molar-refractivity contribution in [3.05, 3.63) is 29.8 Å². The molecule has 6 nitrogen and oxygen atoms in total. The Labute approximate surface area is 125 Å². The van der Waals surface area contributed by atoms with Crippen molar-refractivity contribution in [1.29, 1.82) is 0 Å². The van der Waals surface area contributed by atoms with Gasteiger partial charge in [-0.3, -0.25) is 0 Å². The van der Waals surface area contributed by atoms with E-state index in [0.717, 1.165) is 0 Å². The molecule has 0 fully saturated rings. The molecule has 1 rings (SSSR count). The average Bonchev–Trinajstić information content (AvgIpc) is 2.45. The van der Waals surface area contributed by atoms with Gasteiger partial charge in [0.1, 0.15) is 0 Å². The van der Waals surface area contributed by atoms with Gasteiger partial charge in [0.05, 0.1) is 17.2 Å². The van der Waals surface area contributed by atoms with Crippen molar-refractivity contribution >= 4 is 19.9 Å². The first-order valence-electron chi connectivity index (χ1n) is 6.30. The van der Waals surface area contributed by atoms with Gasteiger partial charge in [-0.15, -0.1) is 0 Å². The van der Waals surface area contributed by atoms with Gasteiger partial charge in [0.25, 0.3) is 0 Å². The monoisotopic (exact) mass is 330 g/mol. The van der Waals surface area contributed by atoms with Crippen LogP contribution in [0.1, 0.15) is 12.5 Å². The van der Waals surface area contributed by atoms with Crippen LogP contribution in [0.2, 0.25) is 0 Å². The van der Waals surface area contributed by atoms with Crippen molar-refractivity contribution in [1.82, 2.24) is 4.72 Å². The van der Waals surface area contributed by atoms with Crippen LogP contribution in [-0.4, -0.2) is 41.4 Å². The zero-order valence-electron chi connectivity index (χ0n) is 11.7. The second-order valence-corrected chi connectivity index (χ2v) is 8.40. The maximum atomic E-state index is 12.0. The summed E-state index contributed by atoms with van der Waals surface area (Å²) in [7, 11) is -6.91. The van der Waals surface area contributed by atoms with Gasteiger partial charge in [0.2, 0.25) is 10.0 Å². The quantitative estimate of drug-likeness (QED) is 0.697. The normalized spacial score (nSPS) is 11.7. The molecule has 0 amide bonds. The van der Waals surface area contributed by atoms with Crippen LogP contribution < -0.4 is 10.5 Å². The lowest BCUT2D eigenvalue weighted by molar-refractivity contribution is 0.581. The summed E-state index contributed by atoms with van der Waals surface area (Å²) >= 11 is 0. The number of sulfone groups is 1. The Morgan fingerprint density at radius 1 is 1.14 bits per heavy atom. The summed E-state index contributed by atoms with van der Waals surface area (Å²) in [5.41, 5.74) is 5.91. The molecule has 0 unspecified atom stereocenters. The first-order valence-corrected chi connectivity index (χ1v) is 9.60. The Bertz CT molecular complexity index is 727. The van der Waals surface area contributed by atoms with Crippen LogP contribution in [0.5, 0.6) is 0 Å². The molecule has 0 aromatic heterocycles.